The molecule has 0 aromatic heterocycles. The molecule has 3 nitrogen and oxygen atoms in total. The van der Waals surface area contributed by atoms with Gasteiger partial charge in [-0.2, -0.15) is 0 Å². The highest BCUT2D eigenvalue weighted by Crippen LogP contribution is 2.41. The van der Waals surface area contributed by atoms with Crippen LogP contribution in [0.5, 0.6) is 0 Å². The fourth-order valence-corrected chi connectivity index (χ4v) is 2.87. The van der Waals surface area contributed by atoms with Crippen molar-refractivity contribution in [2.75, 3.05) is 19.7 Å². The van der Waals surface area contributed by atoms with Crippen LogP contribution >= 0.6 is 0 Å². The molecule has 2 fully saturated rings. The summed E-state index contributed by atoms with van der Waals surface area (Å²) in [7, 11) is 0. The van der Waals surface area contributed by atoms with Crippen LogP contribution in [0.1, 0.15) is 32.6 Å². The van der Waals surface area contributed by atoms with Crippen LogP contribution in [0.25, 0.3) is 0 Å². The summed E-state index contributed by atoms with van der Waals surface area (Å²) in [6.45, 7) is 4.83. The summed E-state index contributed by atoms with van der Waals surface area (Å²) >= 11 is 0. The molecule has 1 N–H and O–H groups in total. The smallest absolute Gasteiger partial charge is 0.173 e. The van der Waals surface area contributed by atoms with E-state index in [4.69, 9.17) is 4.74 Å². The maximum Gasteiger partial charge on any atom is 0.173 e. The van der Waals surface area contributed by atoms with Gasteiger partial charge in [0.1, 0.15) is 0 Å². The summed E-state index contributed by atoms with van der Waals surface area (Å²) in [5.74, 6) is 0. The molecule has 2 heterocycles. The fraction of sp³-hybridized carbons (Fsp3) is 1.00. The molecule has 0 aromatic rings. The van der Waals surface area contributed by atoms with Crippen LogP contribution in [0.2, 0.25) is 0 Å². The van der Waals surface area contributed by atoms with Crippen LogP contribution in [-0.2, 0) is 4.74 Å². The number of aliphatic hydroxyl groups is 1. The van der Waals surface area contributed by atoms with Crippen LogP contribution in [0, 0.1) is 0 Å². The Morgan fingerprint density at radius 3 is 2.54 bits per heavy atom. The van der Waals surface area contributed by atoms with Crippen LogP contribution in [0.15, 0.2) is 0 Å². The van der Waals surface area contributed by atoms with E-state index in [-0.39, 0.29) is 5.54 Å². The molecular weight excluding hydrogens is 166 g/mol. The van der Waals surface area contributed by atoms with Gasteiger partial charge in [0.2, 0.25) is 0 Å². The molecule has 0 saturated carbocycles. The minimum Gasteiger partial charge on any atom is -0.366 e. The zero-order chi connectivity index (χ0) is 9.31. The topological polar surface area (TPSA) is 32.7 Å². The second-order valence-corrected chi connectivity index (χ2v) is 4.11. The number of hydrogen-bond donors (Lipinski definition) is 1. The summed E-state index contributed by atoms with van der Waals surface area (Å²) in [5, 5.41) is 9.95. The fourth-order valence-electron chi connectivity index (χ4n) is 2.87. The minimum absolute atomic E-state index is 0.0178. The van der Waals surface area contributed by atoms with Crippen LogP contribution in [0.3, 0.4) is 0 Å². The lowest BCUT2D eigenvalue weighted by Gasteiger charge is -2.36. The van der Waals surface area contributed by atoms with E-state index in [9.17, 15) is 5.11 Å². The highest BCUT2D eigenvalue weighted by atomic mass is 16.6. The SMILES string of the molecule is CCOC(O)C12CCCN1CCC2. The molecule has 0 amide bonds. The molecule has 2 saturated heterocycles. The van der Waals surface area contributed by atoms with Crippen LogP contribution in [0.4, 0.5) is 0 Å². The van der Waals surface area contributed by atoms with Gasteiger partial charge in [0.15, 0.2) is 6.29 Å². The summed E-state index contributed by atoms with van der Waals surface area (Å²) in [6, 6.07) is 0. The molecule has 2 rings (SSSR count). The number of rotatable bonds is 3. The van der Waals surface area contributed by atoms with Gasteiger partial charge in [-0.1, -0.05) is 0 Å². The van der Waals surface area contributed by atoms with Crippen molar-refractivity contribution in [1.82, 2.24) is 4.90 Å². The maximum atomic E-state index is 9.95. The zero-order valence-corrected chi connectivity index (χ0v) is 8.33. The first-order valence-corrected chi connectivity index (χ1v) is 5.34. The van der Waals surface area contributed by atoms with E-state index < -0.39 is 6.29 Å². The van der Waals surface area contributed by atoms with Gasteiger partial charge in [-0.3, -0.25) is 4.90 Å². The largest absolute Gasteiger partial charge is 0.366 e. The monoisotopic (exact) mass is 185 g/mol. The van der Waals surface area contributed by atoms with Crippen molar-refractivity contribution in [2.45, 2.75) is 44.4 Å². The number of fused-ring (bicyclic) bond motifs is 1. The van der Waals surface area contributed by atoms with E-state index in [0.29, 0.717) is 6.61 Å². The first kappa shape index (κ1) is 9.44. The Balaban J connectivity index is 2.08. The number of ether oxygens (including phenoxy) is 1. The van der Waals surface area contributed by atoms with E-state index in [1.807, 2.05) is 6.92 Å². The predicted molar refractivity (Wildman–Crippen MR) is 50.4 cm³/mol. The van der Waals surface area contributed by atoms with Gasteiger partial charge in [0, 0.05) is 6.61 Å². The average molecular weight is 185 g/mol. The number of hydrogen-bond acceptors (Lipinski definition) is 3. The van der Waals surface area contributed by atoms with Gasteiger partial charge in [0.25, 0.3) is 0 Å². The van der Waals surface area contributed by atoms with E-state index >= 15 is 0 Å². The summed E-state index contributed by atoms with van der Waals surface area (Å²) in [5.41, 5.74) is -0.0178. The minimum atomic E-state index is -0.567. The van der Waals surface area contributed by atoms with Gasteiger partial charge in [-0.05, 0) is 45.7 Å². The molecule has 13 heavy (non-hydrogen) atoms. The van der Waals surface area contributed by atoms with Crippen molar-refractivity contribution in [3.8, 4) is 0 Å². The lowest BCUT2D eigenvalue weighted by atomic mass is 9.93. The third-order valence-corrected chi connectivity index (χ3v) is 3.49. The maximum absolute atomic E-state index is 9.95. The second kappa shape index (κ2) is 3.56. The summed E-state index contributed by atoms with van der Waals surface area (Å²) in [4.78, 5) is 2.41. The predicted octanol–water partition coefficient (Wildman–Crippen LogP) is 0.970. The quantitative estimate of drug-likeness (QED) is 0.665. The second-order valence-electron chi connectivity index (χ2n) is 4.11. The Bertz CT molecular complexity index is 174. The van der Waals surface area contributed by atoms with Gasteiger partial charge in [-0.15, -0.1) is 0 Å². The Kier molecular flexibility index (Phi) is 2.58. The van der Waals surface area contributed by atoms with Crippen molar-refractivity contribution in [3.05, 3.63) is 0 Å². The molecule has 76 valence electrons. The standard InChI is InChI=1S/C10H19NO2/c1-2-13-9(12)10-5-3-7-11(10)8-4-6-10/h9,12H,2-8H2,1H3. The van der Waals surface area contributed by atoms with E-state index in [1.165, 1.54) is 12.8 Å². The van der Waals surface area contributed by atoms with Gasteiger partial charge >= 0.3 is 0 Å². The number of aliphatic hydroxyl groups excluding tert-OH is 1. The lowest BCUT2D eigenvalue weighted by Crippen LogP contribution is -2.49. The highest BCUT2D eigenvalue weighted by molar-refractivity contribution is 5.02. The molecule has 0 aromatic carbocycles. The first-order valence-electron chi connectivity index (χ1n) is 5.34. The van der Waals surface area contributed by atoms with Crippen molar-refractivity contribution >= 4 is 0 Å². The van der Waals surface area contributed by atoms with Crippen molar-refractivity contribution in [2.24, 2.45) is 0 Å². The Morgan fingerprint density at radius 1 is 1.38 bits per heavy atom. The Labute approximate surface area is 79.7 Å². The van der Waals surface area contributed by atoms with Gasteiger partial charge in [-0.25, -0.2) is 0 Å². The molecular formula is C10H19NO2. The highest BCUT2D eigenvalue weighted by Gasteiger charge is 2.49. The van der Waals surface area contributed by atoms with E-state index in [0.717, 1.165) is 25.9 Å². The Hall–Kier alpha value is -0.120. The van der Waals surface area contributed by atoms with Crippen LogP contribution < -0.4 is 0 Å². The van der Waals surface area contributed by atoms with Crippen LogP contribution in [-0.4, -0.2) is 41.5 Å². The molecule has 2 aliphatic heterocycles. The van der Waals surface area contributed by atoms with Crippen molar-refractivity contribution in [1.29, 1.82) is 0 Å². The normalized spacial score (nSPS) is 29.1. The summed E-state index contributed by atoms with van der Waals surface area (Å²) in [6.07, 6.45) is 4.07. The third kappa shape index (κ3) is 1.39. The third-order valence-electron chi connectivity index (χ3n) is 3.49. The zero-order valence-electron chi connectivity index (χ0n) is 8.33. The molecule has 0 spiro atoms. The van der Waals surface area contributed by atoms with E-state index in [2.05, 4.69) is 4.90 Å². The summed E-state index contributed by atoms with van der Waals surface area (Å²) < 4.78 is 5.34. The molecule has 3 heteroatoms. The first-order chi connectivity index (χ1) is 6.29. The Morgan fingerprint density at radius 2 is 2.00 bits per heavy atom. The molecule has 0 radical (unpaired) electrons. The molecule has 1 atom stereocenters. The molecule has 0 bridgehead atoms. The average Bonchev–Trinajstić information content (AvgIpc) is 2.61. The molecule has 1 unspecified atom stereocenters. The van der Waals surface area contributed by atoms with Crippen molar-refractivity contribution < 1.29 is 9.84 Å². The molecule has 0 aliphatic carbocycles. The number of nitrogens with zero attached hydrogens (tertiary/aromatic N) is 1. The molecule has 2 aliphatic rings. The van der Waals surface area contributed by atoms with E-state index in [1.54, 1.807) is 0 Å². The lowest BCUT2D eigenvalue weighted by molar-refractivity contribution is -0.166. The van der Waals surface area contributed by atoms with Crippen molar-refractivity contribution in [3.63, 3.8) is 0 Å². The van der Waals surface area contributed by atoms with Gasteiger partial charge in [0.05, 0.1) is 5.54 Å². The van der Waals surface area contributed by atoms with Gasteiger partial charge < -0.3 is 9.84 Å².